The molecule has 2 heteroatoms. The first-order valence-electron chi connectivity index (χ1n) is 14.8. The Morgan fingerprint density at radius 2 is 0.400 bits per heavy atom. The third-order valence-electron chi connectivity index (χ3n) is 11.0. The molecule has 0 aromatic heterocycles. The Hall–Kier alpha value is -3.26. The molecule has 0 radical (unpaired) electrons. The SMILES string of the molecule is Cc1c(C)c(C)c(Nc2c(C)c(C)c(C)c3c(C)c(C)c(C)c(Nc4c(C)c(C)c(C)c(C)c4C)c23)c(C)c1C. The van der Waals surface area contributed by atoms with E-state index in [0.29, 0.717) is 0 Å². The summed E-state index contributed by atoms with van der Waals surface area (Å²) in [5.41, 5.74) is 26.6. The number of nitrogens with one attached hydrogen (secondary N) is 2. The van der Waals surface area contributed by atoms with Gasteiger partial charge in [0.1, 0.15) is 0 Å². The minimum Gasteiger partial charge on any atom is -0.354 e. The van der Waals surface area contributed by atoms with Gasteiger partial charge in [0.05, 0.1) is 11.4 Å². The fourth-order valence-corrected chi connectivity index (χ4v) is 6.66. The van der Waals surface area contributed by atoms with E-state index in [1.165, 1.54) is 123 Å². The quantitative estimate of drug-likeness (QED) is 0.272. The van der Waals surface area contributed by atoms with Gasteiger partial charge in [-0.1, -0.05) is 0 Å². The number of hydrogen-bond donors (Lipinski definition) is 2. The van der Waals surface area contributed by atoms with Gasteiger partial charge in [0.15, 0.2) is 0 Å². The van der Waals surface area contributed by atoms with E-state index in [0.717, 1.165) is 0 Å². The van der Waals surface area contributed by atoms with E-state index in [-0.39, 0.29) is 0 Å². The van der Waals surface area contributed by atoms with Crippen LogP contribution in [0.1, 0.15) is 89.0 Å². The summed E-state index contributed by atoms with van der Waals surface area (Å²) in [4.78, 5) is 0. The van der Waals surface area contributed by atoms with Gasteiger partial charge in [0.25, 0.3) is 0 Å². The molecule has 0 saturated carbocycles. The molecule has 0 saturated heterocycles. The summed E-state index contributed by atoms with van der Waals surface area (Å²) in [7, 11) is 0. The molecule has 4 aromatic carbocycles. The standard InChI is InChI=1S/C38H50N2/c1-17-19(3)27(11)35(28(12)20(17)4)39-37-31(15)23(7)25(9)33-26(10)24(8)32(16)38(34(33)37)40-36-29(13)21(5)18(2)22(6)30(36)14/h39-40H,1-16H3. The minimum absolute atomic E-state index is 1.22. The maximum Gasteiger partial charge on any atom is 0.0517 e. The van der Waals surface area contributed by atoms with Crippen molar-refractivity contribution in [3.8, 4) is 0 Å². The van der Waals surface area contributed by atoms with E-state index in [1.54, 1.807) is 0 Å². The largest absolute Gasteiger partial charge is 0.354 e. The van der Waals surface area contributed by atoms with Crippen molar-refractivity contribution in [2.75, 3.05) is 10.6 Å². The Morgan fingerprint density at radius 3 is 0.675 bits per heavy atom. The summed E-state index contributed by atoms with van der Waals surface area (Å²) in [5, 5.41) is 10.8. The second-order valence-electron chi connectivity index (χ2n) is 12.5. The molecule has 0 fully saturated rings. The predicted octanol–water partition coefficient (Wildman–Crippen LogP) is 11.3. The molecule has 212 valence electrons. The molecule has 40 heavy (non-hydrogen) atoms. The van der Waals surface area contributed by atoms with Gasteiger partial charge in [-0.3, -0.25) is 0 Å². The molecule has 0 aliphatic heterocycles. The number of anilines is 4. The Balaban J connectivity index is 2.17. The molecule has 0 atom stereocenters. The molecule has 2 nitrogen and oxygen atoms in total. The third kappa shape index (κ3) is 4.23. The number of benzene rings is 4. The first kappa shape index (κ1) is 29.7. The zero-order valence-corrected chi connectivity index (χ0v) is 28.0. The van der Waals surface area contributed by atoms with Crippen molar-refractivity contribution < 1.29 is 0 Å². The van der Waals surface area contributed by atoms with Gasteiger partial charge in [-0.05, 0) is 205 Å². The maximum atomic E-state index is 4.05. The Kier molecular flexibility index (Phi) is 7.65. The highest BCUT2D eigenvalue weighted by atomic mass is 14.9. The van der Waals surface area contributed by atoms with Crippen LogP contribution >= 0.6 is 0 Å². The van der Waals surface area contributed by atoms with Crippen LogP contribution in [-0.2, 0) is 0 Å². The second-order valence-corrected chi connectivity index (χ2v) is 12.5. The fourth-order valence-electron chi connectivity index (χ4n) is 6.66. The number of aryl methyl sites for hydroxylation is 2. The smallest absolute Gasteiger partial charge is 0.0517 e. The van der Waals surface area contributed by atoms with Crippen LogP contribution in [0.4, 0.5) is 22.7 Å². The summed E-state index contributed by atoms with van der Waals surface area (Å²) < 4.78 is 0. The van der Waals surface area contributed by atoms with Gasteiger partial charge in [-0.25, -0.2) is 0 Å². The van der Waals surface area contributed by atoms with Crippen LogP contribution in [0, 0.1) is 111 Å². The lowest BCUT2D eigenvalue weighted by Crippen LogP contribution is -2.10. The number of hydrogen-bond acceptors (Lipinski definition) is 2. The van der Waals surface area contributed by atoms with E-state index in [9.17, 15) is 0 Å². The van der Waals surface area contributed by atoms with Crippen LogP contribution in [0.2, 0.25) is 0 Å². The lowest BCUT2D eigenvalue weighted by Gasteiger charge is -2.28. The average molecular weight is 535 g/mol. The molecule has 0 aliphatic carbocycles. The van der Waals surface area contributed by atoms with Crippen molar-refractivity contribution in [2.45, 2.75) is 111 Å². The molecular weight excluding hydrogens is 484 g/mol. The molecule has 4 rings (SSSR count). The number of fused-ring (bicyclic) bond motifs is 1. The molecule has 0 heterocycles. The number of rotatable bonds is 4. The van der Waals surface area contributed by atoms with Crippen molar-refractivity contribution in [1.82, 2.24) is 0 Å². The van der Waals surface area contributed by atoms with Gasteiger partial charge in [-0.15, -0.1) is 0 Å². The van der Waals surface area contributed by atoms with E-state index in [4.69, 9.17) is 0 Å². The van der Waals surface area contributed by atoms with Crippen LogP contribution < -0.4 is 10.6 Å². The van der Waals surface area contributed by atoms with Crippen LogP contribution in [0.5, 0.6) is 0 Å². The molecule has 0 bridgehead atoms. The van der Waals surface area contributed by atoms with E-state index >= 15 is 0 Å². The van der Waals surface area contributed by atoms with Gasteiger partial charge in [-0.2, -0.15) is 0 Å². The molecule has 4 aromatic rings. The summed E-state index contributed by atoms with van der Waals surface area (Å²) >= 11 is 0. The Bertz CT molecular complexity index is 1550. The van der Waals surface area contributed by atoms with Crippen LogP contribution in [0.15, 0.2) is 0 Å². The molecule has 0 amide bonds. The van der Waals surface area contributed by atoms with E-state index in [2.05, 4.69) is 121 Å². The predicted molar refractivity (Wildman–Crippen MR) is 179 cm³/mol. The molecule has 2 N–H and O–H groups in total. The topological polar surface area (TPSA) is 24.1 Å². The van der Waals surface area contributed by atoms with Crippen LogP contribution in [0.25, 0.3) is 10.8 Å². The average Bonchev–Trinajstić information content (AvgIpc) is 2.93. The molecular formula is C38H50N2. The van der Waals surface area contributed by atoms with Crippen molar-refractivity contribution in [3.05, 3.63) is 89.0 Å². The van der Waals surface area contributed by atoms with Gasteiger partial charge >= 0.3 is 0 Å². The lowest BCUT2D eigenvalue weighted by molar-refractivity contribution is 1.17. The lowest BCUT2D eigenvalue weighted by atomic mass is 9.85. The summed E-state index contributed by atoms with van der Waals surface area (Å²) in [6, 6.07) is 0. The van der Waals surface area contributed by atoms with Crippen molar-refractivity contribution in [3.63, 3.8) is 0 Å². The highest BCUT2D eigenvalue weighted by Crippen LogP contribution is 2.47. The zero-order valence-electron chi connectivity index (χ0n) is 28.0. The van der Waals surface area contributed by atoms with Gasteiger partial charge in [0, 0.05) is 16.8 Å². The maximum absolute atomic E-state index is 4.05. The fraction of sp³-hybridized carbons (Fsp3) is 0.421. The van der Waals surface area contributed by atoms with Gasteiger partial charge < -0.3 is 10.6 Å². The minimum atomic E-state index is 1.22. The van der Waals surface area contributed by atoms with Crippen LogP contribution in [-0.4, -0.2) is 0 Å². The van der Waals surface area contributed by atoms with Crippen LogP contribution in [0.3, 0.4) is 0 Å². The highest BCUT2D eigenvalue weighted by Gasteiger charge is 2.24. The normalized spacial score (nSPS) is 11.5. The summed E-state index contributed by atoms with van der Waals surface area (Å²) in [6.45, 7) is 36.3. The molecule has 0 unspecified atom stereocenters. The Labute approximate surface area is 243 Å². The monoisotopic (exact) mass is 534 g/mol. The zero-order chi connectivity index (χ0) is 30.1. The summed E-state index contributed by atoms with van der Waals surface area (Å²) in [5.74, 6) is 0. The second kappa shape index (κ2) is 10.3. The third-order valence-corrected chi connectivity index (χ3v) is 11.0. The van der Waals surface area contributed by atoms with Crippen molar-refractivity contribution in [1.29, 1.82) is 0 Å². The Morgan fingerprint density at radius 1 is 0.200 bits per heavy atom. The first-order valence-corrected chi connectivity index (χ1v) is 14.8. The van der Waals surface area contributed by atoms with E-state index < -0.39 is 0 Å². The van der Waals surface area contributed by atoms with E-state index in [1.807, 2.05) is 0 Å². The van der Waals surface area contributed by atoms with Crippen molar-refractivity contribution >= 4 is 33.5 Å². The summed E-state index contributed by atoms with van der Waals surface area (Å²) in [6.07, 6.45) is 0. The molecule has 0 spiro atoms. The van der Waals surface area contributed by atoms with Gasteiger partial charge in [0.2, 0.25) is 0 Å². The highest BCUT2D eigenvalue weighted by molar-refractivity contribution is 6.11. The first-order chi connectivity index (χ1) is 18.5. The molecule has 0 aliphatic rings. The van der Waals surface area contributed by atoms with Crippen molar-refractivity contribution in [2.24, 2.45) is 0 Å².